The Kier molecular flexibility index (Phi) is 4.35. The third-order valence-electron chi connectivity index (χ3n) is 8.01. The van der Waals surface area contributed by atoms with Crippen molar-refractivity contribution in [2.24, 2.45) is 17.3 Å². The van der Waals surface area contributed by atoms with Crippen LogP contribution >= 0.6 is 0 Å². The lowest BCUT2D eigenvalue weighted by atomic mass is 9.58. The molecule has 5 nitrogen and oxygen atoms in total. The molecule has 1 saturated heterocycles. The highest BCUT2D eigenvalue weighted by molar-refractivity contribution is 6.54. The second-order valence-corrected chi connectivity index (χ2v) is 11.4. The van der Waals surface area contributed by atoms with Crippen molar-refractivity contribution in [3.05, 3.63) is 11.5 Å². The molecule has 2 aliphatic heterocycles. The van der Waals surface area contributed by atoms with Crippen LogP contribution in [0.15, 0.2) is 11.5 Å². The summed E-state index contributed by atoms with van der Waals surface area (Å²) < 4.78 is 12.8. The van der Waals surface area contributed by atoms with Gasteiger partial charge in [0.2, 0.25) is 0 Å². The lowest BCUT2D eigenvalue weighted by molar-refractivity contribution is -0.0402. The second kappa shape index (κ2) is 6.01. The number of rotatable bonds is 3. The summed E-state index contributed by atoms with van der Waals surface area (Å²) >= 11 is 0. The zero-order valence-electron chi connectivity index (χ0n) is 18.5. The van der Waals surface area contributed by atoms with Gasteiger partial charge in [-0.2, -0.15) is 0 Å². The Hall–Kier alpha value is -1.01. The molecule has 0 radical (unpaired) electrons. The van der Waals surface area contributed by atoms with Crippen molar-refractivity contribution >= 4 is 13.2 Å². The molecule has 4 rings (SSSR count). The van der Waals surface area contributed by atoms with E-state index in [4.69, 9.17) is 9.31 Å². The van der Waals surface area contributed by atoms with Crippen LogP contribution in [-0.4, -0.2) is 46.0 Å². The summed E-state index contributed by atoms with van der Waals surface area (Å²) in [6, 6.07) is -0.0694. The average Bonchev–Trinajstić information content (AvgIpc) is 3.44. The van der Waals surface area contributed by atoms with Crippen molar-refractivity contribution in [3.63, 3.8) is 0 Å². The summed E-state index contributed by atoms with van der Waals surface area (Å²) in [5.41, 5.74) is -0.194. The van der Waals surface area contributed by atoms with E-state index in [0.29, 0.717) is 18.3 Å². The standard InChI is InChI=1S/C22H36BNO4/c1-19(2,3)22(15-10-11-15)13-16(23-27-20(4,5)21(6,7)28-23)12-17(14-8-9-14)24(22)18(25)26/h12,14-15,17H,8-11,13H2,1-7H3,(H,25,26). The van der Waals surface area contributed by atoms with E-state index in [1.54, 1.807) is 0 Å². The molecule has 0 spiro atoms. The van der Waals surface area contributed by atoms with E-state index in [0.717, 1.165) is 31.2 Å². The minimum atomic E-state index is -0.775. The maximum absolute atomic E-state index is 12.6. The molecule has 3 fully saturated rings. The molecule has 1 N–H and O–H groups in total. The maximum Gasteiger partial charge on any atom is 0.490 e. The van der Waals surface area contributed by atoms with Crippen LogP contribution in [-0.2, 0) is 9.31 Å². The molecule has 0 bridgehead atoms. The van der Waals surface area contributed by atoms with Crippen LogP contribution < -0.4 is 0 Å². The number of carbonyl (C=O) groups is 1. The van der Waals surface area contributed by atoms with Gasteiger partial charge in [0.15, 0.2) is 0 Å². The average molecular weight is 389 g/mol. The van der Waals surface area contributed by atoms with Crippen LogP contribution in [0.5, 0.6) is 0 Å². The molecule has 28 heavy (non-hydrogen) atoms. The molecule has 0 aromatic rings. The maximum atomic E-state index is 12.6. The van der Waals surface area contributed by atoms with Gasteiger partial charge in [0, 0.05) is 0 Å². The van der Waals surface area contributed by atoms with Gasteiger partial charge in [0.05, 0.1) is 22.8 Å². The Morgan fingerprint density at radius 2 is 1.64 bits per heavy atom. The molecule has 0 aromatic carbocycles. The fourth-order valence-electron chi connectivity index (χ4n) is 5.40. The van der Waals surface area contributed by atoms with Gasteiger partial charge in [-0.15, -0.1) is 0 Å². The van der Waals surface area contributed by atoms with E-state index in [1.165, 1.54) is 0 Å². The summed E-state index contributed by atoms with van der Waals surface area (Å²) in [7, 11) is -0.386. The van der Waals surface area contributed by atoms with E-state index >= 15 is 0 Å². The number of carboxylic acid groups (broad SMARTS) is 1. The summed E-state index contributed by atoms with van der Waals surface area (Å²) in [6.07, 6.45) is 6.53. The molecule has 4 aliphatic rings. The SMILES string of the molecule is CC(C)(C)C1(C2CC2)CC(B2OC(C)(C)C(C)(C)O2)=CC(C2CC2)N1C(=O)O. The first-order valence-electron chi connectivity index (χ1n) is 10.9. The third-order valence-corrected chi connectivity index (χ3v) is 8.01. The predicted octanol–water partition coefficient (Wildman–Crippen LogP) is 4.90. The van der Waals surface area contributed by atoms with Crippen molar-refractivity contribution < 1.29 is 19.2 Å². The normalized spacial score (nSPS) is 35.1. The monoisotopic (exact) mass is 389 g/mol. The lowest BCUT2D eigenvalue weighted by Crippen LogP contribution is -2.66. The van der Waals surface area contributed by atoms with Crippen molar-refractivity contribution in [2.75, 3.05) is 0 Å². The smallest absolute Gasteiger partial charge is 0.465 e. The fourth-order valence-corrected chi connectivity index (χ4v) is 5.40. The van der Waals surface area contributed by atoms with Crippen molar-refractivity contribution in [1.29, 1.82) is 0 Å². The van der Waals surface area contributed by atoms with Crippen molar-refractivity contribution in [2.45, 2.75) is 103 Å². The largest absolute Gasteiger partial charge is 0.490 e. The molecule has 2 heterocycles. The summed E-state index contributed by atoms with van der Waals surface area (Å²) in [5.74, 6) is 0.838. The van der Waals surface area contributed by atoms with Gasteiger partial charge >= 0.3 is 13.2 Å². The van der Waals surface area contributed by atoms with Crippen LogP contribution in [0, 0.1) is 17.3 Å². The van der Waals surface area contributed by atoms with Crippen LogP contribution in [0.4, 0.5) is 4.79 Å². The Balaban J connectivity index is 1.79. The highest BCUT2D eigenvalue weighted by atomic mass is 16.7. The first-order chi connectivity index (χ1) is 12.8. The third kappa shape index (κ3) is 2.94. The molecule has 2 aliphatic carbocycles. The van der Waals surface area contributed by atoms with Crippen molar-refractivity contribution in [1.82, 2.24) is 4.90 Å². The number of hydrogen-bond acceptors (Lipinski definition) is 3. The molecule has 6 heteroatoms. The minimum Gasteiger partial charge on any atom is -0.465 e. The van der Waals surface area contributed by atoms with E-state index in [1.807, 2.05) is 4.90 Å². The zero-order chi connectivity index (χ0) is 20.7. The van der Waals surface area contributed by atoms with E-state index < -0.39 is 11.6 Å². The lowest BCUT2D eigenvalue weighted by Gasteiger charge is -2.57. The first kappa shape index (κ1) is 20.3. The molecular formula is C22H36BNO4. The summed E-state index contributed by atoms with van der Waals surface area (Å²) in [4.78, 5) is 14.4. The van der Waals surface area contributed by atoms with Crippen LogP contribution in [0.2, 0.25) is 0 Å². The molecule has 156 valence electrons. The number of nitrogens with zero attached hydrogens (tertiary/aromatic N) is 1. The molecular weight excluding hydrogens is 353 g/mol. The van der Waals surface area contributed by atoms with Gasteiger partial charge in [0.1, 0.15) is 0 Å². The Morgan fingerprint density at radius 1 is 1.11 bits per heavy atom. The van der Waals surface area contributed by atoms with Crippen LogP contribution in [0.3, 0.4) is 0 Å². The van der Waals surface area contributed by atoms with Gasteiger partial charge in [-0.3, -0.25) is 4.90 Å². The van der Waals surface area contributed by atoms with E-state index in [2.05, 4.69) is 54.5 Å². The Bertz CT molecular complexity index is 686. The van der Waals surface area contributed by atoms with Gasteiger partial charge in [-0.25, -0.2) is 4.79 Å². The van der Waals surface area contributed by atoms with E-state index in [9.17, 15) is 9.90 Å². The zero-order valence-corrected chi connectivity index (χ0v) is 18.5. The summed E-state index contributed by atoms with van der Waals surface area (Å²) in [5, 5.41) is 10.3. The Morgan fingerprint density at radius 3 is 2.04 bits per heavy atom. The van der Waals surface area contributed by atoms with Gasteiger partial charge in [-0.05, 0) is 82.5 Å². The molecule has 2 unspecified atom stereocenters. The topological polar surface area (TPSA) is 59.0 Å². The van der Waals surface area contributed by atoms with E-state index in [-0.39, 0.29) is 29.8 Å². The highest BCUT2D eigenvalue weighted by Crippen LogP contribution is 2.59. The van der Waals surface area contributed by atoms with Gasteiger partial charge in [-0.1, -0.05) is 26.8 Å². The molecule has 2 atom stereocenters. The fraction of sp³-hybridized carbons (Fsp3) is 0.864. The summed E-state index contributed by atoms with van der Waals surface area (Å²) in [6.45, 7) is 14.9. The minimum absolute atomic E-state index is 0.0694. The van der Waals surface area contributed by atoms with Gasteiger partial charge < -0.3 is 14.4 Å². The molecule has 0 aromatic heterocycles. The number of amides is 1. The van der Waals surface area contributed by atoms with Crippen molar-refractivity contribution in [3.8, 4) is 0 Å². The highest BCUT2D eigenvalue weighted by Gasteiger charge is 2.64. The molecule has 2 saturated carbocycles. The predicted molar refractivity (Wildman–Crippen MR) is 110 cm³/mol. The first-order valence-corrected chi connectivity index (χ1v) is 10.9. The van der Waals surface area contributed by atoms with Crippen LogP contribution in [0.25, 0.3) is 0 Å². The second-order valence-electron chi connectivity index (χ2n) is 11.4. The Labute approximate surface area is 170 Å². The van der Waals surface area contributed by atoms with Crippen LogP contribution in [0.1, 0.15) is 80.6 Å². The quantitative estimate of drug-likeness (QED) is 0.698. The number of hydrogen-bond donors (Lipinski definition) is 1. The van der Waals surface area contributed by atoms with Gasteiger partial charge in [0.25, 0.3) is 0 Å². The molecule has 1 amide bonds.